The van der Waals surface area contributed by atoms with Crippen LogP contribution in [-0.2, 0) is 4.79 Å². The van der Waals surface area contributed by atoms with E-state index in [1.165, 1.54) is 6.92 Å². The van der Waals surface area contributed by atoms with E-state index in [0.717, 1.165) is 11.1 Å². The zero-order chi connectivity index (χ0) is 10.7. The van der Waals surface area contributed by atoms with Crippen LogP contribution in [0.4, 0.5) is 0 Å². The predicted molar refractivity (Wildman–Crippen MR) is 53.8 cm³/mol. The van der Waals surface area contributed by atoms with Gasteiger partial charge in [-0.15, -0.1) is 0 Å². The number of carbonyl (C=O) groups is 1. The molecule has 1 aromatic rings. The van der Waals surface area contributed by atoms with Crippen LogP contribution in [0.2, 0.25) is 0 Å². The number of esters is 1. The summed E-state index contributed by atoms with van der Waals surface area (Å²) in [6.07, 6.45) is 0. The van der Waals surface area contributed by atoms with Gasteiger partial charge in [-0.05, 0) is 31.0 Å². The molecular weight excluding hydrogens is 180 g/mol. The fourth-order valence-electron chi connectivity index (χ4n) is 1.25. The predicted octanol–water partition coefficient (Wildman–Crippen LogP) is 2.24. The summed E-state index contributed by atoms with van der Waals surface area (Å²) in [6.45, 7) is 5.28. The van der Waals surface area contributed by atoms with Gasteiger partial charge in [-0.3, -0.25) is 4.79 Å². The third-order valence-electron chi connectivity index (χ3n) is 2.10. The smallest absolute Gasteiger partial charge is 0.308 e. The minimum atomic E-state index is -0.341. The van der Waals surface area contributed by atoms with Crippen LogP contribution < -0.4 is 9.47 Å². The van der Waals surface area contributed by atoms with E-state index in [2.05, 4.69) is 0 Å². The Bertz CT molecular complexity index is 356. The Hall–Kier alpha value is -1.51. The standard InChI is InChI=1S/C11H14O3/c1-7-5-6-10(14-9(3)12)11(13-4)8(7)2/h5-6H,1-4H3. The highest BCUT2D eigenvalue weighted by Crippen LogP contribution is 2.32. The molecule has 0 amide bonds. The minimum Gasteiger partial charge on any atom is -0.493 e. The van der Waals surface area contributed by atoms with Gasteiger partial charge in [0, 0.05) is 6.92 Å². The fraction of sp³-hybridized carbons (Fsp3) is 0.364. The number of carbonyl (C=O) groups excluding carboxylic acids is 1. The molecule has 0 saturated heterocycles. The van der Waals surface area contributed by atoms with Crippen LogP contribution in [0.25, 0.3) is 0 Å². The zero-order valence-corrected chi connectivity index (χ0v) is 8.88. The Balaban J connectivity index is 3.17. The van der Waals surface area contributed by atoms with Gasteiger partial charge in [0.1, 0.15) is 0 Å². The number of methoxy groups -OCH3 is 1. The van der Waals surface area contributed by atoms with Gasteiger partial charge in [-0.2, -0.15) is 0 Å². The SMILES string of the molecule is COc1c(OC(C)=O)ccc(C)c1C. The molecule has 0 saturated carbocycles. The van der Waals surface area contributed by atoms with Crippen molar-refractivity contribution in [2.24, 2.45) is 0 Å². The van der Waals surface area contributed by atoms with Crippen molar-refractivity contribution in [2.75, 3.05) is 7.11 Å². The molecule has 0 unspecified atom stereocenters. The first-order chi connectivity index (χ1) is 6.56. The first kappa shape index (κ1) is 10.6. The largest absolute Gasteiger partial charge is 0.493 e. The fourth-order valence-corrected chi connectivity index (χ4v) is 1.25. The normalized spacial score (nSPS) is 9.71. The molecule has 3 nitrogen and oxygen atoms in total. The molecule has 0 N–H and O–H groups in total. The summed E-state index contributed by atoms with van der Waals surface area (Å²) in [4.78, 5) is 10.8. The third kappa shape index (κ3) is 2.05. The van der Waals surface area contributed by atoms with E-state index < -0.39 is 0 Å². The van der Waals surface area contributed by atoms with Crippen LogP contribution in [0, 0.1) is 13.8 Å². The van der Waals surface area contributed by atoms with Gasteiger partial charge < -0.3 is 9.47 Å². The molecular formula is C11H14O3. The van der Waals surface area contributed by atoms with Crippen LogP contribution in [-0.4, -0.2) is 13.1 Å². The maximum Gasteiger partial charge on any atom is 0.308 e. The van der Waals surface area contributed by atoms with Crippen LogP contribution in [0.15, 0.2) is 12.1 Å². The summed E-state index contributed by atoms with van der Waals surface area (Å²) in [7, 11) is 1.56. The van der Waals surface area contributed by atoms with Crippen molar-refractivity contribution in [1.82, 2.24) is 0 Å². The first-order valence-electron chi connectivity index (χ1n) is 4.39. The van der Waals surface area contributed by atoms with Crippen LogP contribution in [0.3, 0.4) is 0 Å². The van der Waals surface area contributed by atoms with Crippen molar-refractivity contribution in [2.45, 2.75) is 20.8 Å². The lowest BCUT2D eigenvalue weighted by atomic mass is 10.1. The lowest BCUT2D eigenvalue weighted by Crippen LogP contribution is -2.04. The molecule has 0 fully saturated rings. The summed E-state index contributed by atoms with van der Waals surface area (Å²) in [5, 5.41) is 0. The molecule has 0 aliphatic carbocycles. The molecule has 0 aliphatic rings. The molecule has 1 aromatic carbocycles. The molecule has 0 radical (unpaired) electrons. The van der Waals surface area contributed by atoms with Crippen LogP contribution >= 0.6 is 0 Å². The van der Waals surface area contributed by atoms with E-state index in [4.69, 9.17) is 9.47 Å². The van der Waals surface area contributed by atoms with Crippen molar-refractivity contribution in [3.63, 3.8) is 0 Å². The average molecular weight is 194 g/mol. The number of hydrogen-bond acceptors (Lipinski definition) is 3. The van der Waals surface area contributed by atoms with Gasteiger partial charge in [0.05, 0.1) is 7.11 Å². The van der Waals surface area contributed by atoms with E-state index in [0.29, 0.717) is 11.5 Å². The third-order valence-corrected chi connectivity index (χ3v) is 2.10. The van der Waals surface area contributed by atoms with E-state index >= 15 is 0 Å². The van der Waals surface area contributed by atoms with Gasteiger partial charge in [0.2, 0.25) is 0 Å². The molecule has 0 aromatic heterocycles. The highest BCUT2D eigenvalue weighted by molar-refractivity contribution is 5.71. The summed E-state index contributed by atoms with van der Waals surface area (Å²) in [6, 6.07) is 3.64. The summed E-state index contributed by atoms with van der Waals surface area (Å²) < 4.78 is 10.2. The second kappa shape index (κ2) is 4.13. The lowest BCUT2D eigenvalue weighted by Gasteiger charge is -2.12. The average Bonchev–Trinajstić information content (AvgIpc) is 2.11. The molecule has 0 aliphatic heterocycles. The van der Waals surface area contributed by atoms with E-state index in [1.54, 1.807) is 13.2 Å². The molecule has 0 atom stereocenters. The van der Waals surface area contributed by atoms with Gasteiger partial charge in [0.25, 0.3) is 0 Å². The molecule has 3 heteroatoms. The first-order valence-corrected chi connectivity index (χ1v) is 4.39. The second-order valence-electron chi connectivity index (χ2n) is 3.13. The summed E-state index contributed by atoms with van der Waals surface area (Å²) in [5.41, 5.74) is 2.10. The summed E-state index contributed by atoms with van der Waals surface area (Å²) >= 11 is 0. The number of rotatable bonds is 2. The van der Waals surface area contributed by atoms with Crippen molar-refractivity contribution in [3.05, 3.63) is 23.3 Å². The highest BCUT2D eigenvalue weighted by atomic mass is 16.6. The van der Waals surface area contributed by atoms with Gasteiger partial charge >= 0.3 is 5.97 Å². The molecule has 0 heterocycles. The number of ether oxygens (including phenoxy) is 2. The Morgan fingerprint density at radius 2 is 1.93 bits per heavy atom. The molecule has 76 valence electrons. The van der Waals surface area contributed by atoms with Gasteiger partial charge in [-0.25, -0.2) is 0 Å². The highest BCUT2D eigenvalue weighted by Gasteiger charge is 2.10. The van der Waals surface area contributed by atoms with Crippen molar-refractivity contribution in [1.29, 1.82) is 0 Å². The molecule has 0 spiro atoms. The zero-order valence-electron chi connectivity index (χ0n) is 8.88. The van der Waals surface area contributed by atoms with Crippen LogP contribution in [0.1, 0.15) is 18.1 Å². The molecule has 0 bridgehead atoms. The monoisotopic (exact) mass is 194 g/mol. The second-order valence-corrected chi connectivity index (χ2v) is 3.13. The Morgan fingerprint density at radius 1 is 1.29 bits per heavy atom. The molecule has 1 rings (SSSR count). The topological polar surface area (TPSA) is 35.5 Å². The quantitative estimate of drug-likeness (QED) is 0.535. The summed E-state index contributed by atoms with van der Waals surface area (Å²) in [5.74, 6) is 0.759. The molecule has 14 heavy (non-hydrogen) atoms. The number of benzene rings is 1. The Kier molecular flexibility index (Phi) is 3.12. The maximum absolute atomic E-state index is 10.8. The van der Waals surface area contributed by atoms with E-state index in [1.807, 2.05) is 19.9 Å². The van der Waals surface area contributed by atoms with E-state index in [9.17, 15) is 4.79 Å². The van der Waals surface area contributed by atoms with E-state index in [-0.39, 0.29) is 5.97 Å². The maximum atomic E-state index is 10.8. The van der Waals surface area contributed by atoms with Gasteiger partial charge in [0.15, 0.2) is 11.5 Å². The van der Waals surface area contributed by atoms with Crippen LogP contribution in [0.5, 0.6) is 11.5 Å². The lowest BCUT2D eigenvalue weighted by molar-refractivity contribution is -0.132. The van der Waals surface area contributed by atoms with Crippen molar-refractivity contribution < 1.29 is 14.3 Å². The Morgan fingerprint density at radius 3 is 2.43 bits per heavy atom. The number of aryl methyl sites for hydroxylation is 1. The van der Waals surface area contributed by atoms with Crippen molar-refractivity contribution >= 4 is 5.97 Å². The number of hydrogen-bond donors (Lipinski definition) is 0. The minimum absolute atomic E-state index is 0.341. The van der Waals surface area contributed by atoms with Crippen molar-refractivity contribution in [3.8, 4) is 11.5 Å². The van der Waals surface area contributed by atoms with Gasteiger partial charge in [-0.1, -0.05) is 6.07 Å². The Labute approximate surface area is 83.6 Å².